The summed E-state index contributed by atoms with van der Waals surface area (Å²) in [5.41, 5.74) is 6.52. The number of halogens is 2. The van der Waals surface area contributed by atoms with E-state index in [9.17, 15) is 4.39 Å². The average Bonchev–Trinajstić information content (AvgIpc) is 2.43. The van der Waals surface area contributed by atoms with Crippen LogP contribution in [0.4, 0.5) is 4.39 Å². The van der Waals surface area contributed by atoms with Crippen LogP contribution in [0.1, 0.15) is 31.2 Å². The van der Waals surface area contributed by atoms with E-state index < -0.39 is 0 Å². The van der Waals surface area contributed by atoms with Crippen LogP contribution in [0.2, 0.25) is 5.02 Å². The maximum atomic E-state index is 13.9. The molecule has 0 bridgehead atoms. The molecule has 2 atom stereocenters. The fourth-order valence-corrected chi connectivity index (χ4v) is 3.29. The molecule has 19 heavy (non-hydrogen) atoms. The van der Waals surface area contributed by atoms with Gasteiger partial charge in [0.1, 0.15) is 5.82 Å². The second kappa shape index (κ2) is 6.69. The molecular formula is C15H22ClFN2. The fraction of sp³-hybridized carbons (Fsp3) is 0.600. The Labute approximate surface area is 119 Å². The summed E-state index contributed by atoms with van der Waals surface area (Å²) in [4.78, 5) is 2.23. The Kier molecular flexibility index (Phi) is 5.20. The molecule has 1 saturated carbocycles. The van der Waals surface area contributed by atoms with Crippen LogP contribution in [0.25, 0.3) is 0 Å². The third kappa shape index (κ3) is 3.47. The Balaban J connectivity index is 2.07. The van der Waals surface area contributed by atoms with Gasteiger partial charge in [-0.2, -0.15) is 0 Å². The van der Waals surface area contributed by atoms with E-state index in [1.807, 2.05) is 0 Å². The molecule has 1 aromatic carbocycles. The monoisotopic (exact) mass is 284 g/mol. The molecule has 2 N–H and O–H groups in total. The van der Waals surface area contributed by atoms with E-state index in [1.165, 1.54) is 19.3 Å². The largest absolute Gasteiger partial charge is 0.330 e. The van der Waals surface area contributed by atoms with Crippen LogP contribution in [-0.4, -0.2) is 24.5 Å². The minimum absolute atomic E-state index is 0.199. The normalized spacial score (nSPS) is 23.8. The lowest BCUT2D eigenvalue weighted by molar-refractivity contribution is 0.126. The van der Waals surface area contributed by atoms with Crippen molar-refractivity contribution in [2.24, 2.45) is 11.7 Å². The quantitative estimate of drug-likeness (QED) is 0.918. The summed E-state index contributed by atoms with van der Waals surface area (Å²) in [6.07, 6.45) is 4.84. The fourth-order valence-electron chi connectivity index (χ4n) is 3.10. The van der Waals surface area contributed by atoms with Gasteiger partial charge in [0.05, 0.1) is 5.02 Å². The first-order chi connectivity index (χ1) is 9.13. The Morgan fingerprint density at radius 3 is 2.84 bits per heavy atom. The number of benzene rings is 1. The Bertz CT molecular complexity index is 425. The van der Waals surface area contributed by atoms with Gasteiger partial charge in [-0.25, -0.2) is 4.39 Å². The zero-order valence-electron chi connectivity index (χ0n) is 11.4. The highest BCUT2D eigenvalue weighted by Gasteiger charge is 2.27. The summed E-state index contributed by atoms with van der Waals surface area (Å²) >= 11 is 5.83. The molecule has 1 aliphatic carbocycles. The lowest BCUT2D eigenvalue weighted by Gasteiger charge is -2.37. The van der Waals surface area contributed by atoms with Crippen LogP contribution >= 0.6 is 11.6 Å². The van der Waals surface area contributed by atoms with Gasteiger partial charge in [0.15, 0.2) is 0 Å². The van der Waals surface area contributed by atoms with Crippen molar-refractivity contribution in [3.63, 3.8) is 0 Å². The predicted octanol–water partition coefficient (Wildman–Crippen LogP) is 3.43. The van der Waals surface area contributed by atoms with E-state index >= 15 is 0 Å². The summed E-state index contributed by atoms with van der Waals surface area (Å²) in [5, 5.41) is 0.199. The maximum Gasteiger partial charge on any atom is 0.146 e. The highest BCUT2D eigenvalue weighted by molar-refractivity contribution is 6.30. The van der Waals surface area contributed by atoms with Gasteiger partial charge in [-0.1, -0.05) is 36.6 Å². The second-order valence-corrected chi connectivity index (χ2v) is 5.88. The first-order valence-corrected chi connectivity index (χ1v) is 7.34. The Morgan fingerprint density at radius 1 is 1.37 bits per heavy atom. The van der Waals surface area contributed by atoms with Gasteiger partial charge >= 0.3 is 0 Å². The van der Waals surface area contributed by atoms with Crippen LogP contribution in [0.3, 0.4) is 0 Å². The van der Waals surface area contributed by atoms with Crippen molar-refractivity contribution >= 4 is 11.6 Å². The van der Waals surface area contributed by atoms with E-state index in [2.05, 4.69) is 11.9 Å². The number of rotatable bonds is 4. The van der Waals surface area contributed by atoms with Crippen LogP contribution in [0.5, 0.6) is 0 Å². The topological polar surface area (TPSA) is 29.3 Å². The van der Waals surface area contributed by atoms with E-state index in [0.717, 1.165) is 6.42 Å². The van der Waals surface area contributed by atoms with Crippen molar-refractivity contribution in [3.8, 4) is 0 Å². The summed E-state index contributed by atoms with van der Waals surface area (Å²) in [6, 6.07) is 5.65. The highest BCUT2D eigenvalue weighted by atomic mass is 35.5. The molecule has 0 heterocycles. The molecule has 0 amide bonds. The zero-order chi connectivity index (χ0) is 13.8. The molecule has 0 radical (unpaired) electrons. The van der Waals surface area contributed by atoms with Crippen LogP contribution in [-0.2, 0) is 6.54 Å². The molecule has 2 rings (SSSR count). The molecule has 106 valence electrons. The minimum Gasteiger partial charge on any atom is -0.330 e. The summed E-state index contributed by atoms with van der Waals surface area (Å²) in [7, 11) is 2.05. The van der Waals surface area contributed by atoms with Crippen molar-refractivity contribution in [2.75, 3.05) is 13.6 Å². The van der Waals surface area contributed by atoms with Gasteiger partial charge in [-0.3, -0.25) is 4.90 Å². The summed E-state index contributed by atoms with van der Waals surface area (Å²) in [5.74, 6) is 0.233. The van der Waals surface area contributed by atoms with Crippen molar-refractivity contribution in [3.05, 3.63) is 34.6 Å². The molecule has 0 aliphatic heterocycles. The average molecular weight is 285 g/mol. The van der Waals surface area contributed by atoms with Gasteiger partial charge in [0, 0.05) is 18.2 Å². The lowest BCUT2D eigenvalue weighted by Crippen LogP contribution is -2.42. The van der Waals surface area contributed by atoms with Crippen molar-refractivity contribution in [2.45, 2.75) is 38.3 Å². The third-order valence-electron chi connectivity index (χ3n) is 4.19. The van der Waals surface area contributed by atoms with Crippen LogP contribution in [0, 0.1) is 11.7 Å². The van der Waals surface area contributed by atoms with Gasteiger partial charge in [-0.05, 0) is 38.4 Å². The number of hydrogen-bond acceptors (Lipinski definition) is 2. The molecule has 2 unspecified atom stereocenters. The number of nitrogens with two attached hydrogens (primary N) is 1. The van der Waals surface area contributed by atoms with Gasteiger partial charge < -0.3 is 5.73 Å². The predicted molar refractivity (Wildman–Crippen MR) is 77.7 cm³/mol. The first-order valence-electron chi connectivity index (χ1n) is 6.96. The SMILES string of the molecule is CN(Cc1cccc(Cl)c1F)C1CCCCC1CN. The van der Waals surface area contributed by atoms with E-state index in [4.69, 9.17) is 17.3 Å². The zero-order valence-corrected chi connectivity index (χ0v) is 12.2. The van der Waals surface area contributed by atoms with Crippen LogP contribution < -0.4 is 5.73 Å². The van der Waals surface area contributed by atoms with E-state index in [-0.39, 0.29) is 10.8 Å². The first kappa shape index (κ1) is 14.8. The lowest BCUT2D eigenvalue weighted by atomic mass is 9.83. The smallest absolute Gasteiger partial charge is 0.146 e. The Morgan fingerprint density at radius 2 is 2.11 bits per heavy atom. The molecule has 4 heteroatoms. The standard InChI is InChI=1S/C15H22ClFN2/c1-19(14-8-3-2-5-11(14)9-18)10-12-6-4-7-13(16)15(12)17/h4,6-7,11,14H,2-3,5,8-10,18H2,1H3. The molecule has 1 aliphatic rings. The molecule has 1 aromatic rings. The van der Waals surface area contributed by atoms with Crippen molar-refractivity contribution < 1.29 is 4.39 Å². The molecule has 0 spiro atoms. The van der Waals surface area contributed by atoms with Crippen molar-refractivity contribution in [1.82, 2.24) is 4.90 Å². The molecule has 2 nitrogen and oxygen atoms in total. The molecule has 0 aromatic heterocycles. The minimum atomic E-state index is -0.295. The summed E-state index contributed by atoms with van der Waals surface area (Å²) < 4.78 is 13.9. The van der Waals surface area contributed by atoms with Gasteiger partial charge in [-0.15, -0.1) is 0 Å². The van der Waals surface area contributed by atoms with Crippen molar-refractivity contribution in [1.29, 1.82) is 0 Å². The molecular weight excluding hydrogens is 263 g/mol. The number of nitrogens with zero attached hydrogens (tertiary/aromatic N) is 1. The van der Waals surface area contributed by atoms with Crippen LogP contribution in [0.15, 0.2) is 18.2 Å². The summed E-state index contributed by atoms with van der Waals surface area (Å²) in [6.45, 7) is 1.31. The Hall–Kier alpha value is -0.640. The molecule has 1 fully saturated rings. The third-order valence-corrected chi connectivity index (χ3v) is 4.48. The number of hydrogen-bond donors (Lipinski definition) is 1. The van der Waals surface area contributed by atoms with E-state index in [0.29, 0.717) is 30.6 Å². The van der Waals surface area contributed by atoms with Gasteiger partial charge in [0.2, 0.25) is 0 Å². The highest BCUT2D eigenvalue weighted by Crippen LogP contribution is 2.29. The van der Waals surface area contributed by atoms with E-state index in [1.54, 1.807) is 18.2 Å². The second-order valence-electron chi connectivity index (χ2n) is 5.48. The molecule has 0 saturated heterocycles. The van der Waals surface area contributed by atoms with Gasteiger partial charge in [0.25, 0.3) is 0 Å². The maximum absolute atomic E-state index is 13.9.